The Labute approximate surface area is 162 Å². The third-order valence-electron chi connectivity index (χ3n) is 5.09. The minimum absolute atomic E-state index is 0.0777. The van der Waals surface area contributed by atoms with E-state index in [4.69, 9.17) is 9.72 Å². The topological polar surface area (TPSA) is 59.4 Å². The summed E-state index contributed by atoms with van der Waals surface area (Å²) in [5, 5.41) is 2.50. The van der Waals surface area contributed by atoms with Gasteiger partial charge < -0.3 is 19.5 Å². The van der Waals surface area contributed by atoms with E-state index < -0.39 is 0 Å². The number of carbonyl (C=O) groups excluding carboxylic acids is 1. The van der Waals surface area contributed by atoms with Crippen LogP contribution in [0.15, 0.2) is 48.5 Å². The fourth-order valence-corrected chi connectivity index (χ4v) is 3.62. The van der Waals surface area contributed by atoms with Crippen molar-refractivity contribution in [3.63, 3.8) is 0 Å². The number of halogens is 1. The minimum Gasteiger partial charge on any atom is -0.446 e. The van der Waals surface area contributed by atoms with E-state index in [0.29, 0.717) is 6.54 Å². The number of hydrogen-bond acceptors (Lipinski definition) is 4. The Morgan fingerprint density at radius 2 is 1.89 bits per heavy atom. The molecule has 3 aromatic rings. The highest BCUT2D eigenvalue weighted by atomic mass is 19.1. The summed E-state index contributed by atoms with van der Waals surface area (Å²) >= 11 is 0. The molecule has 0 saturated carbocycles. The number of anilines is 1. The SMILES string of the molecule is CNC(=O)OC1CCN(c2nc3ccccc3n2Cc2ccc(F)cc2)CC1. The highest BCUT2D eigenvalue weighted by Crippen LogP contribution is 2.27. The van der Waals surface area contributed by atoms with E-state index in [9.17, 15) is 9.18 Å². The van der Waals surface area contributed by atoms with E-state index in [1.807, 2.05) is 18.2 Å². The van der Waals surface area contributed by atoms with Crippen molar-refractivity contribution in [2.75, 3.05) is 25.0 Å². The molecule has 1 saturated heterocycles. The van der Waals surface area contributed by atoms with Crippen LogP contribution in [-0.2, 0) is 11.3 Å². The Kier molecular flexibility index (Phi) is 5.14. The molecule has 1 aliphatic rings. The zero-order valence-corrected chi connectivity index (χ0v) is 15.8. The number of amides is 1. The summed E-state index contributed by atoms with van der Waals surface area (Å²) in [6.45, 7) is 2.13. The number of carbonyl (C=O) groups is 1. The molecule has 2 heterocycles. The lowest BCUT2D eigenvalue weighted by molar-refractivity contribution is 0.0846. The zero-order valence-electron chi connectivity index (χ0n) is 15.8. The van der Waals surface area contributed by atoms with Crippen molar-refractivity contribution >= 4 is 23.1 Å². The van der Waals surface area contributed by atoms with Crippen LogP contribution in [0.25, 0.3) is 11.0 Å². The van der Waals surface area contributed by atoms with Crippen LogP contribution < -0.4 is 10.2 Å². The molecule has 0 radical (unpaired) electrons. The van der Waals surface area contributed by atoms with E-state index in [2.05, 4.69) is 20.9 Å². The second-order valence-electron chi connectivity index (χ2n) is 6.95. The lowest BCUT2D eigenvalue weighted by Gasteiger charge is -2.32. The number of aromatic nitrogens is 2. The molecular formula is C21H23FN4O2. The fourth-order valence-electron chi connectivity index (χ4n) is 3.62. The second kappa shape index (κ2) is 7.88. The van der Waals surface area contributed by atoms with E-state index in [1.165, 1.54) is 12.1 Å². The van der Waals surface area contributed by atoms with Gasteiger partial charge in [-0.25, -0.2) is 14.2 Å². The van der Waals surface area contributed by atoms with Gasteiger partial charge in [0.05, 0.1) is 17.6 Å². The van der Waals surface area contributed by atoms with Gasteiger partial charge in [-0.15, -0.1) is 0 Å². The maximum absolute atomic E-state index is 13.3. The Morgan fingerprint density at radius 3 is 2.61 bits per heavy atom. The highest BCUT2D eigenvalue weighted by molar-refractivity contribution is 5.79. The first-order valence-electron chi connectivity index (χ1n) is 9.47. The van der Waals surface area contributed by atoms with Crippen LogP contribution in [0.4, 0.5) is 15.1 Å². The zero-order chi connectivity index (χ0) is 19.5. The molecule has 0 atom stereocenters. The summed E-state index contributed by atoms with van der Waals surface area (Å²) in [5.41, 5.74) is 3.00. The Hall–Kier alpha value is -3.09. The van der Waals surface area contributed by atoms with Crippen LogP contribution in [0, 0.1) is 5.82 Å². The number of para-hydroxylation sites is 2. The Morgan fingerprint density at radius 1 is 1.18 bits per heavy atom. The van der Waals surface area contributed by atoms with Gasteiger partial charge in [0.1, 0.15) is 11.9 Å². The average Bonchev–Trinajstić information content (AvgIpc) is 3.08. The molecule has 0 aliphatic carbocycles. The number of piperidine rings is 1. The fraction of sp³-hybridized carbons (Fsp3) is 0.333. The van der Waals surface area contributed by atoms with Gasteiger partial charge in [-0.1, -0.05) is 24.3 Å². The standard InChI is InChI=1S/C21H23FN4O2/c1-23-21(27)28-17-10-12-25(13-11-17)20-24-18-4-2-3-5-19(18)26(20)14-15-6-8-16(22)9-7-15/h2-9,17H,10-14H2,1H3,(H,23,27). The van der Waals surface area contributed by atoms with E-state index in [0.717, 1.165) is 48.5 Å². The molecule has 0 spiro atoms. The van der Waals surface area contributed by atoms with Crippen LogP contribution >= 0.6 is 0 Å². The molecule has 6 nitrogen and oxygen atoms in total. The van der Waals surface area contributed by atoms with Gasteiger partial charge in [0.2, 0.25) is 5.95 Å². The van der Waals surface area contributed by atoms with Gasteiger partial charge >= 0.3 is 6.09 Å². The Bertz CT molecular complexity index is 962. The number of alkyl carbamates (subject to hydrolysis) is 1. The molecule has 28 heavy (non-hydrogen) atoms. The first-order chi connectivity index (χ1) is 13.6. The first-order valence-corrected chi connectivity index (χ1v) is 9.47. The number of fused-ring (bicyclic) bond motifs is 1. The summed E-state index contributed by atoms with van der Waals surface area (Å²) in [5.74, 6) is 0.654. The summed E-state index contributed by atoms with van der Waals surface area (Å²) in [6.07, 6.45) is 1.05. The van der Waals surface area contributed by atoms with Gasteiger partial charge in [-0.05, 0) is 29.8 Å². The van der Waals surface area contributed by atoms with Gasteiger partial charge in [0, 0.05) is 33.0 Å². The Balaban J connectivity index is 1.58. The lowest BCUT2D eigenvalue weighted by atomic mass is 10.1. The maximum atomic E-state index is 13.3. The number of hydrogen-bond donors (Lipinski definition) is 1. The number of imidazole rings is 1. The van der Waals surface area contributed by atoms with Crippen molar-refractivity contribution in [2.24, 2.45) is 0 Å². The molecule has 1 amide bonds. The molecule has 4 rings (SSSR count). The van der Waals surface area contributed by atoms with E-state index in [-0.39, 0.29) is 18.0 Å². The molecule has 1 N–H and O–H groups in total. The van der Waals surface area contributed by atoms with E-state index in [1.54, 1.807) is 19.2 Å². The van der Waals surface area contributed by atoms with Crippen molar-refractivity contribution in [3.05, 3.63) is 59.9 Å². The number of ether oxygens (including phenoxy) is 1. The second-order valence-corrected chi connectivity index (χ2v) is 6.95. The van der Waals surface area contributed by atoms with Crippen LogP contribution in [-0.4, -0.2) is 41.9 Å². The number of nitrogens with zero attached hydrogens (tertiary/aromatic N) is 3. The highest BCUT2D eigenvalue weighted by Gasteiger charge is 2.25. The molecule has 1 aromatic heterocycles. The number of benzene rings is 2. The quantitative estimate of drug-likeness (QED) is 0.750. The normalized spacial score (nSPS) is 15.0. The molecule has 7 heteroatoms. The molecule has 0 unspecified atom stereocenters. The van der Waals surface area contributed by atoms with Gasteiger partial charge in [0.25, 0.3) is 0 Å². The summed E-state index contributed by atoms with van der Waals surface area (Å²) in [7, 11) is 1.56. The van der Waals surface area contributed by atoms with Gasteiger partial charge in [-0.2, -0.15) is 0 Å². The predicted molar refractivity (Wildman–Crippen MR) is 106 cm³/mol. The van der Waals surface area contributed by atoms with Crippen molar-refractivity contribution in [1.82, 2.24) is 14.9 Å². The van der Waals surface area contributed by atoms with Crippen LogP contribution in [0.1, 0.15) is 18.4 Å². The lowest BCUT2D eigenvalue weighted by Crippen LogP contribution is -2.40. The van der Waals surface area contributed by atoms with Crippen LogP contribution in [0.3, 0.4) is 0 Å². The summed E-state index contributed by atoms with van der Waals surface area (Å²) in [6, 6.07) is 14.6. The molecule has 2 aromatic carbocycles. The van der Waals surface area contributed by atoms with Gasteiger partial charge in [-0.3, -0.25) is 0 Å². The predicted octanol–water partition coefficient (Wildman–Crippen LogP) is 3.55. The third-order valence-corrected chi connectivity index (χ3v) is 5.09. The average molecular weight is 382 g/mol. The largest absolute Gasteiger partial charge is 0.446 e. The summed E-state index contributed by atoms with van der Waals surface area (Å²) in [4.78, 5) is 18.5. The summed E-state index contributed by atoms with van der Waals surface area (Å²) < 4.78 is 20.8. The molecule has 1 aliphatic heterocycles. The monoisotopic (exact) mass is 382 g/mol. The van der Waals surface area contributed by atoms with Crippen molar-refractivity contribution < 1.29 is 13.9 Å². The third kappa shape index (κ3) is 3.78. The molecule has 0 bridgehead atoms. The van der Waals surface area contributed by atoms with E-state index >= 15 is 0 Å². The van der Waals surface area contributed by atoms with Crippen molar-refractivity contribution in [3.8, 4) is 0 Å². The van der Waals surface area contributed by atoms with Crippen molar-refractivity contribution in [1.29, 1.82) is 0 Å². The smallest absolute Gasteiger partial charge is 0.407 e. The maximum Gasteiger partial charge on any atom is 0.407 e. The number of nitrogens with one attached hydrogen (secondary N) is 1. The van der Waals surface area contributed by atoms with Crippen molar-refractivity contribution in [2.45, 2.75) is 25.5 Å². The van der Waals surface area contributed by atoms with Crippen LogP contribution in [0.2, 0.25) is 0 Å². The molecular weight excluding hydrogens is 359 g/mol. The first kappa shape index (κ1) is 18.3. The molecule has 146 valence electrons. The van der Waals surface area contributed by atoms with Gasteiger partial charge in [0.15, 0.2) is 0 Å². The van der Waals surface area contributed by atoms with Crippen LogP contribution in [0.5, 0.6) is 0 Å². The minimum atomic E-state index is -0.387. The molecule has 1 fully saturated rings. The number of rotatable bonds is 4.